The van der Waals surface area contributed by atoms with Crippen LogP contribution < -0.4 is 10.6 Å². The minimum Gasteiger partial charge on any atom is -0.478 e. The van der Waals surface area contributed by atoms with Crippen LogP contribution >= 0.6 is 23.1 Å². The lowest BCUT2D eigenvalue weighted by Crippen LogP contribution is -2.16. The number of carboxylic acid groups (broad SMARTS) is 1. The first kappa shape index (κ1) is 24.8. The predicted octanol–water partition coefficient (Wildman–Crippen LogP) is 5.19. The summed E-state index contributed by atoms with van der Waals surface area (Å²) in [6.45, 7) is 1.97. The number of nitrogens with zero attached hydrogens (tertiary/aromatic N) is 2. The zero-order valence-electron chi connectivity index (χ0n) is 18.7. The van der Waals surface area contributed by atoms with Crippen LogP contribution in [0.15, 0.2) is 65.0 Å². The summed E-state index contributed by atoms with van der Waals surface area (Å²) < 4.78 is 1.44. The first-order valence-electron chi connectivity index (χ1n) is 10.4. The van der Waals surface area contributed by atoms with Crippen molar-refractivity contribution in [3.05, 3.63) is 87.5 Å². The first-order chi connectivity index (χ1) is 17.2. The molecule has 0 unspecified atom stereocenters. The number of nitro groups is 1. The molecule has 12 heteroatoms. The van der Waals surface area contributed by atoms with E-state index < -0.39 is 28.1 Å². The lowest BCUT2D eigenvalue weighted by molar-refractivity contribution is -0.384. The summed E-state index contributed by atoms with van der Waals surface area (Å²) in [6.07, 6.45) is 0. The Hall–Kier alpha value is -4.29. The number of carbonyl (C=O) groups is 3. The van der Waals surface area contributed by atoms with Crippen LogP contribution in [0.2, 0.25) is 0 Å². The molecule has 2 amide bonds. The van der Waals surface area contributed by atoms with Crippen LogP contribution in [0.25, 0.3) is 10.2 Å². The van der Waals surface area contributed by atoms with Crippen molar-refractivity contribution in [2.75, 3.05) is 16.4 Å². The first-order valence-corrected chi connectivity index (χ1v) is 12.2. The zero-order chi connectivity index (χ0) is 25.8. The Morgan fingerprint density at radius 3 is 2.42 bits per heavy atom. The van der Waals surface area contributed by atoms with Crippen molar-refractivity contribution in [2.45, 2.75) is 11.3 Å². The highest BCUT2D eigenvalue weighted by Crippen LogP contribution is 2.31. The number of anilines is 2. The number of thioether (sulfide) groups is 1. The van der Waals surface area contributed by atoms with Crippen LogP contribution in [0.1, 0.15) is 26.3 Å². The van der Waals surface area contributed by atoms with E-state index in [0.29, 0.717) is 15.5 Å². The number of non-ortho nitro benzene ring substituents is 1. The maximum Gasteiger partial charge on any atom is 0.336 e. The molecule has 182 valence electrons. The molecule has 0 aliphatic heterocycles. The quantitative estimate of drug-likeness (QED) is 0.162. The van der Waals surface area contributed by atoms with Gasteiger partial charge in [0.2, 0.25) is 5.91 Å². The van der Waals surface area contributed by atoms with E-state index in [1.807, 2.05) is 31.2 Å². The highest BCUT2D eigenvalue weighted by molar-refractivity contribution is 8.01. The molecule has 0 bridgehead atoms. The smallest absolute Gasteiger partial charge is 0.336 e. The molecule has 0 radical (unpaired) electrons. The molecule has 3 aromatic carbocycles. The Balaban J connectivity index is 1.43. The van der Waals surface area contributed by atoms with Crippen molar-refractivity contribution in [1.29, 1.82) is 0 Å². The summed E-state index contributed by atoms with van der Waals surface area (Å²) in [7, 11) is 0. The average molecular weight is 523 g/mol. The fraction of sp³-hybridized carbons (Fsp3) is 0.0833. The second-order valence-corrected chi connectivity index (χ2v) is 9.86. The summed E-state index contributed by atoms with van der Waals surface area (Å²) in [6, 6.07) is 15.5. The van der Waals surface area contributed by atoms with Crippen LogP contribution in [-0.4, -0.2) is 38.6 Å². The number of aromatic carboxylic acids is 1. The van der Waals surface area contributed by atoms with Gasteiger partial charge in [0.15, 0.2) is 4.34 Å². The third kappa shape index (κ3) is 5.85. The third-order valence-electron chi connectivity index (χ3n) is 4.98. The molecule has 4 rings (SSSR count). The number of hydrogen-bond donors (Lipinski definition) is 3. The predicted molar refractivity (Wildman–Crippen MR) is 138 cm³/mol. The highest BCUT2D eigenvalue weighted by atomic mass is 32.2. The van der Waals surface area contributed by atoms with Gasteiger partial charge in [-0.2, -0.15) is 0 Å². The summed E-state index contributed by atoms with van der Waals surface area (Å²) in [5.74, 6) is -2.15. The molecule has 0 aliphatic rings. The Morgan fingerprint density at radius 1 is 1.00 bits per heavy atom. The normalized spacial score (nSPS) is 10.7. The van der Waals surface area contributed by atoms with Crippen LogP contribution in [0, 0.1) is 17.0 Å². The summed E-state index contributed by atoms with van der Waals surface area (Å²) in [5.41, 5.74) is 1.81. The monoisotopic (exact) mass is 522 g/mol. The van der Waals surface area contributed by atoms with Gasteiger partial charge in [-0.25, -0.2) is 9.78 Å². The summed E-state index contributed by atoms with van der Waals surface area (Å²) in [4.78, 5) is 51.2. The minimum absolute atomic E-state index is 0.159. The maximum absolute atomic E-state index is 12.7. The van der Waals surface area contributed by atoms with Gasteiger partial charge < -0.3 is 15.7 Å². The van der Waals surface area contributed by atoms with E-state index in [-0.39, 0.29) is 17.2 Å². The lowest BCUT2D eigenvalue weighted by atomic mass is 10.1. The van der Waals surface area contributed by atoms with E-state index in [4.69, 9.17) is 0 Å². The molecule has 10 nitrogen and oxygen atoms in total. The van der Waals surface area contributed by atoms with Gasteiger partial charge in [-0.15, -0.1) is 11.3 Å². The topological polar surface area (TPSA) is 152 Å². The molecule has 1 aromatic heterocycles. The number of carbonyl (C=O) groups excluding carboxylic acids is 2. The van der Waals surface area contributed by atoms with E-state index in [1.165, 1.54) is 23.1 Å². The van der Waals surface area contributed by atoms with Crippen molar-refractivity contribution < 1.29 is 24.4 Å². The van der Waals surface area contributed by atoms with Gasteiger partial charge in [-0.3, -0.25) is 19.7 Å². The van der Waals surface area contributed by atoms with Crippen molar-refractivity contribution in [3.8, 4) is 0 Å². The van der Waals surface area contributed by atoms with E-state index in [2.05, 4.69) is 15.6 Å². The Morgan fingerprint density at radius 2 is 1.72 bits per heavy atom. The van der Waals surface area contributed by atoms with Gasteiger partial charge in [0.25, 0.3) is 11.6 Å². The standard InChI is InChI=1S/C24H18N4O6S2/c1-13-2-4-14(5-3-13)25-21(29)12-35-24-27-19-9-6-15(10-20(19)36-24)26-22(30)17-8-7-16(28(33)34)11-18(17)23(31)32/h2-11H,12H2,1H3,(H,25,29)(H,26,30)(H,31,32). The molecule has 36 heavy (non-hydrogen) atoms. The summed E-state index contributed by atoms with van der Waals surface area (Å²) >= 11 is 2.64. The number of benzene rings is 3. The molecule has 4 aromatic rings. The molecule has 0 aliphatic carbocycles. The van der Waals surface area contributed by atoms with Crippen LogP contribution in [0.5, 0.6) is 0 Å². The van der Waals surface area contributed by atoms with E-state index in [9.17, 15) is 29.6 Å². The number of thiazole rings is 1. The fourth-order valence-corrected chi connectivity index (χ4v) is 5.13. The van der Waals surface area contributed by atoms with Gasteiger partial charge in [0.1, 0.15) is 0 Å². The SMILES string of the molecule is Cc1ccc(NC(=O)CSc2nc3ccc(NC(=O)c4ccc([N+](=O)[O-])cc4C(=O)O)cc3s2)cc1. The number of nitro benzene ring substituents is 1. The van der Waals surface area contributed by atoms with Gasteiger partial charge in [0.05, 0.1) is 32.0 Å². The van der Waals surface area contributed by atoms with Gasteiger partial charge >= 0.3 is 5.97 Å². The average Bonchev–Trinajstić information content (AvgIpc) is 3.26. The van der Waals surface area contributed by atoms with E-state index in [1.54, 1.807) is 18.2 Å². The van der Waals surface area contributed by atoms with Crippen LogP contribution in [-0.2, 0) is 4.79 Å². The van der Waals surface area contributed by atoms with Crippen LogP contribution in [0.4, 0.5) is 17.1 Å². The number of aromatic nitrogens is 1. The molecule has 1 heterocycles. The number of aryl methyl sites for hydroxylation is 1. The second-order valence-electron chi connectivity index (χ2n) is 7.61. The number of amides is 2. The fourth-order valence-electron chi connectivity index (χ4n) is 3.22. The van der Waals surface area contributed by atoms with Crippen molar-refractivity contribution in [3.63, 3.8) is 0 Å². The third-order valence-corrected chi connectivity index (χ3v) is 7.14. The lowest BCUT2D eigenvalue weighted by Gasteiger charge is -2.08. The Labute approximate surface area is 212 Å². The molecular weight excluding hydrogens is 504 g/mol. The Bertz CT molecular complexity index is 1500. The van der Waals surface area contributed by atoms with Crippen LogP contribution in [0.3, 0.4) is 0 Å². The molecule has 0 atom stereocenters. The highest BCUT2D eigenvalue weighted by Gasteiger charge is 2.21. The molecule has 0 saturated carbocycles. The largest absolute Gasteiger partial charge is 0.478 e. The van der Waals surface area contributed by atoms with Gasteiger partial charge in [0, 0.05) is 23.5 Å². The number of fused-ring (bicyclic) bond motifs is 1. The molecular formula is C24H18N4O6S2. The minimum atomic E-state index is -1.45. The molecule has 0 saturated heterocycles. The maximum atomic E-state index is 12.7. The van der Waals surface area contributed by atoms with E-state index in [0.717, 1.165) is 34.1 Å². The number of carboxylic acids is 1. The van der Waals surface area contributed by atoms with Crippen molar-refractivity contribution in [2.24, 2.45) is 0 Å². The molecule has 0 fully saturated rings. The molecule has 0 spiro atoms. The van der Waals surface area contributed by atoms with Gasteiger partial charge in [-0.1, -0.05) is 29.5 Å². The molecule has 3 N–H and O–H groups in total. The van der Waals surface area contributed by atoms with Crippen molar-refractivity contribution >= 4 is 68.2 Å². The number of nitrogens with one attached hydrogen (secondary N) is 2. The van der Waals surface area contributed by atoms with Crippen molar-refractivity contribution in [1.82, 2.24) is 4.98 Å². The summed E-state index contributed by atoms with van der Waals surface area (Å²) in [5, 5.41) is 25.8. The zero-order valence-corrected chi connectivity index (χ0v) is 20.3. The Kier molecular flexibility index (Phi) is 7.27. The van der Waals surface area contributed by atoms with E-state index >= 15 is 0 Å². The number of rotatable bonds is 8. The van der Waals surface area contributed by atoms with Gasteiger partial charge in [-0.05, 0) is 43.3 Å². The number of hydrogen-bond acceptors (Lipinski definition) is 8. The second kappa shape index (κ2) is 10.5.